The van der Waals surface area contributed by atoms with Crippen molar-refractivity contribution in [1.82, 2.24) is 4.90 Å². The quantitative estimate of drug-likeness (QED) is 0.770. The molecule has 1 aliphatic rings. The van der Waals surface area contributed by atoms with Gasteiger partial charge < -0.3 is 10.5 Å². The monoisotopic (exact) mass is 214 g/mol. The van der Waals surface area contributed by atoms with Crippen LogP contribution in [0.3, 0.4) is 0 Å². The number of nitrogens with zero attached hydrogens (tertiary/aromatic N) is 1. The Kier molecular flexibility index (Phi) is 4.15. The summed E-state index contributed by atoms with van der Waals surface area (Å²) >= 11 is 0. The Morgan fingerprint density at radius 3 is 2.67 bits per heavy atom. The first kappa shape index (κ1) is 12.9. The molecule has 0 aromatic rings. The third kappa shape index (κ3) is 3.74. The summed E-state index contributed by atoms with van der Waals surface area (Å²) in [7, 11) is 1.82. The van der Waals surface area contributed by atoms with Gasteiger partial charge in [-0.3, -0.25) is 4.90 Å². The van der Waals surface area contributed by atoms with Crippen LogP contribution >= 0.6 is 0 Å². The maximum absolute atomic E-state index is 5.77. The molecule has 2 N–H and O–H groups in total. The van der Waals surface area contributed by atoms with Crippen LogP contribution in [0.4, 0.5) is 0 Å². The fourth-order valence-electron chi connectivity index (χ4n) is 2.28. The Morgan fingerprint density at radius 1 is 1.47 bits per heavy atom. The topological polar surface area (TPSA) is 38.5 Å². The molecule has 0 radical (unpaired) electrons. The Balaban J connectivity index is 2.50. The number of likely N-dealkylation sites (tertiary alicyclic amines) is 1. The highest BCUT2D eigenvalue weighted by molar-refractivity contribution is 4.87. The van der Waals surface area contributed by atoms with Crippen LogP contribution in [-0.2, 0) is 4.74 Å². The van der Waals surface area contributed by atoms with Gasteiger partial charge in [0.2, 0.25) is 0 Å². The summed E-state index contributed by atoms with van der Waals surface area (Å²) in [5, 5.41) is 0. The third-order valence-corrected chi connectivity index (χ3v) is 3.44. The number of rotatable bonds is 4. The van der Waals surface area contributed by atoms with Crippen molar-refractivity contribution in [2.45, 2.75) is 39.2 Å². The van der Waals surface area contributed by atoms with Gasteiger partial charge >= 0.3 is 0 Å². The number of hydrogen-bond acceptors (Lipinski definition) is 3. The van der Waals surface area contributed by atoms with E-state index in [2.05, 4.69) is 25.7 Å². The zero-order valence-electron chi connectivity index (χ0n) is 10.7. The number of ether oxygens (including phenoxy) is 1. The number of hydrogen-bond donors (Lipinski definition) is 1. The van der Waals surface area contributed by atoms with Crippen LogP contribution in [0, 0.1) is 5.41 Å². The summed E-state index contributed by atoms with van der Waals surface area (Å²) in [5.74, 6) is 0. The molecule has 0 aliphatic carbocycles. The maximum Gasteiger partial charge on any atom is 0.0777 e. The van der Waals surface area contributed by atoms with Gasteiger partial charge in [0.05, 0.1) is 5.60 Å². The van der Waals surface area contributed by atoms with Gasteiger partial charge in [-0.2, -0.15) is 0 Å². The molecule has 1 fully saturated rings. The van der Waals surface area contributed by atoms with E-state index < -0.39 is 0 Å². The Labute approximate surface area is 94.0 Å². The third-order valence-electron chi connectivity index (χ3n) is 3.44. The second-order valence-corrected chi connectivity index (χ2v) is 5.84. The van der Waals surface area contributed by atoms with Gasteiger partial charge in [0.25, 0.3) is 0 Å². The molecule has 0 bridgehead atoms. The van der Waals surface area contributed by atoms with E-state index in [9.17, 15) is 0 Å². The van der Waals surface area contributed by atoms with E-state index >= 15 is 0 Å². The lowest BCUT2D eigenvalue weighted by atomic mass is 9.89. The molecule has 3 heteroatoms. The van der Waals surface area contributed by atoms with Crippen LogP contribution in [0.5, 0.6) is 0 Å². The van der Waals surface area contributed by atoms with Gasteiger partial charge in [-0.05, 0) is 38.3 Å². The van der Waals surface area contributed by atoms with E-state index in [1.54, 1.807) is 0 Å². The summed E-state index contributed by atoms with van der Waals surface area (Å²) in [5.41, 5.74) is 6.02. The van der Waals surface area contributed by atoms with Gasteiger partial charge in [0.15, 0.2) is 0 Å². The minimum absolute atomic E-state index is 0.0446. The van der Waals surface area contributed by atoms with Crippen molar-refractivity contribution in [3.8, 4) is 0 Å². The van der Waals surface area contributed by atoms with Gasteiger partial charge in [-0.25, -0.2) is 0 Å². The van der Waals surface area contributed by atoms with Crippen molar-refractivity contribution >= 4 is 0 Å². The molecule has 0 aromatic heterocycles. The van der Waals surface area contributed by atoms with E-state index in [4.69, 9.17) is 10.5 Å². The highest BCUT2D eigenvalue weighted by atomic mass is 16.5. The molecule has 0 amide bonds. The molecule has 0 spiro atoms. The van der Waals surface area contributed by atoms with Crippen molar-refractivity contribution in [3.05, 3.63) is 0 Å². The molecule has 1 aliphatic heterocycles. The molecule has 0 saturated carbocycles. The zero-order valence-corrected chi connectivity index (χ0v) is 10.7. The van der Waals surface area contributed by atoms with Crippen molar-refractivity contribution in [1.29, 1.82) is 0 Å². The molecular weight excluding hydrogens is 188 g/mol. The predicted molar refractivity (Wildman–Crippen MR) is 63.9 cm³/mol. The largest absolute Gasteiger partial charge is 0.377 e. The lowest BCUT2D eigenvalue weighted by Crippen LogP contribution is -2.50. The molecule has 1 rings (SSSR count). The molecule has 90 valence electrons. The zero-order chi connectivity index (χ0) is 11.5. The second-order valence-electron chi connectivity index (χ2n) is 5.84. The molecule has 1 unspecified atom stereocenters. The van der Waals surface area contributed by atoms with E-state index in [0.717, 1.165) is 19.6 Å². The Hall–Kier alpha value is -0.120. The van der Waals surface area contributed by atoms with Crippen LogP contribution in [0.15, 0.2) is 0 Å². The van der Waals surface area contributed by atoms with E-state index in [0.29, 0.717) is 0 Å². The minimum Gasteiger partial charge on any atom is -0.377 e. The average Bonchev–Trinajstić information content (AvgIpc) is 2.17. The standard InChI is InChI=1S/C12H26N2O/c1-11(2,8-13)9-14-7-5-6-12(3,10-14)15-4/h5-10,13H2,1-4H3. The summed E-state index contributed by atoms with van der Waals surface area (Å²) in [6.45, 7) is 10.7. The fraction of sp³-hybridized carbons (Fsp3) is 1.00. The molecule has 1 atom stereocenters. The van der Waals surface area contributed by atoms with Crippen LogP contribution in [-0.4, -0.2) is 43.8 Å². The van der Waals surface area contributed by atoms with Crippen LogP contribution < -0.4 is 5.73 Å². The highest BCUT2D eigenvalue weighted by Crippen LogP contribution is 2.26. The smallest absolute Gasteiger partial charge is 0.0777 e. The molecule has 15 heavy (non-hydrogen) atoms. The normalized spacial score (nSPS) is 29.4. The summed E-state index contributed by atoms with van der Waals surface area (Å²) in [4.78, 5) is 2.49. The second kappa shape index (κ2) is 4.81. The summed E-state index contributed by atoms with van der Waals surface area (Å²) < 4.78 is 5.58. The van der Waals surface area contributed by atoms with E-state index in [1.165, 1.54) is 19.4 Å². The predicted octanol–water partition coefficient (Wildman–Crippen LogP) is 1.47. The SMILES string of the molecule is COC1(C)CCCN(CC(C)(C)CN)C1. The van der Waals surface area contributed by atoms with Crippen LogP contribution in [0.1, 0.15) is 33.6 Å². The summed E-state index contributed by atoms with van der Waals surface area (Å²) in [6, 6.07) is 0. The molecule has 1 saturated heterocycles. The minimum atomic E-state index is 0.0446. The van der Waals surface area contributed by atoms with Crippen molar-refractivity contribution in [2.24, 2.45) is 11.1 Å². The van der Waals surface area contributed by atoms with Gasteiger partial charge in [0.1, 0.15) is 0 Å². The Morgan fingerprint density at radius 2 is 2.13 bits per heavy atom. The van der Waals surface area contributed by atoms with Gasteiger partial charge in [-0.1, -0.05) is 13.8 Å². The van der Waals surface area contributed by atoms with E-state index in [1.807, 2.05) is 7.11 Å². The average molecular weight is 214 g/mol. The first-order valence-corrected chi connectivity index (χ1v) is 5.88. The van der Waals surface area contributed by atoms with Crippen molar-refractivity contribution in [2.75, 3.05) is 33.3 Å². The lowest BCUT2D eigenvalue weighted by molar-refractivity contribution is -0.0569. The van der Waals surface area contributed by atoms with Gasteiger partial charge in [0, 0.05) is 20.2 Å². The number of piperidine rings is 1. The van der Waals surface area contributed by atoms with Gasteiger partial charge in [-0.15, -0.1) is 0 Å². The van der Waals surface area contributed by atoms with Crippen molar-refractivity contribution < 1.29 is 4.74 Å². The molecule has 1 heterocycles. The van der Waals surface area contributed by atoms with E-state index in [-0.39, 0.29) is 11.0 Å². The molecular formula is C12H26N2O. The highest BCUT2D eigenvalue weighted by Gasteiger charge is 2.32. The van der Waals surface area contributed by atoms with Crippen LogP contribution in [0.2, 0.25) is 0 Å². The lowest BCUT2D eigenvalue weighted by Gasteiger charge is -2.42. The first-order valence-electron chi connectivity index (χ1n) is 5.88. The van der Waals surface area contributed by atoms with Crippen molar-refractivity contribution in [3.63, 3.8) is 0 Å². The number of methoxy groups -OCH3 is 1. The Bertz CT molecular complexity index is 204. The fourth-order valence-corrected chi connectivity index (χ4v) is 2.28. The number of nitrogens with two attached hydrogens (primary N) is 1. The summed E-state index contributed by atoms with van der Waals surface area (Å²) in [6.07, 6.45) is 2.40. The molecule has 3 nitrogen and oxygen atoms in total. The molecule has 0 aromatic carbocycles. The first-order chi connectivity index (χ1) is 6.91. The maximum atomic E-state index is 5.77. The van der Waals surface area contributed by atoms with Crippen LogP contribution in [0.25, 0.3) is 0 Å².